The molecule has 128 valence electrons. The second-order valence-corrected chi connectivity index (χ2v) is 8.12. The summed E-state index contributed by atoms with van der Waals surface area (Å²) in [5.74, 6) is 0. The van der Waals surface area contributed by atoms with Crippen molar-refractivity contribution < 1.29 is 18.1 Å². The van der Waals surface area contributed by atoms with Gasteiger partial charge in [0.2, 0.25) is 0 Å². The van der Waals surface area contributed by atoms with Crippen LogP contribution >= 0.6 is 0 Å². The third-order valence-electron chi connectivity index (χ3n) is 3.99. The molecule has 0 aromatic rings. The molecule has 0 aromatic heterocycles. The van der Waals surface area contributed by atoms with Crippen LogP contribution in [-0.4, -0.2) is 29.4 Å². The van der Waals surface area contributed by atoms with E-state index in [-0.39, 0.29) is 6.10 Å². The van der Waals surface area contributed by atoms with Crippen molar-refractivity contribution in [2.75, 3.05) is 0 Å². The van der Waals surface area contributed by atoms with Gasteiger partial charge in [-0.3, -0.25) is 4.55 Å². The standard InChI is InChI=1S/C16H34O4S/c1-15(17)13-11-9-7-5-3-4-6-8-10-12-14-16(2)21(18,19)20/h15-17H,3-14H2,1-2H3,(H,18,19,20). The highest BCUT2D eigenvalue weighted by Crippen LogP contribution is 2.14. The minimum atomic E-state index is -3.84. The molecule has 5 heteroatoms. The van der Waals surface area contributed by atoms with Gasteiger partial charge < -0.3 is 5.11 Å². The van der Waals surface area contributed by atoms with E-state index in [1.807, 2.05) is 6.92 Å². The first-order valence-electron chi connectivity index (χ1n) is 8.48. The van der Waals surface area contributed by atoms with Crippen LogP contribution in [0.1, 0.15) is 90.9 Å². The molecule has 0 aromatic carbocycles. The molecule has 0 heterocycles. The Hall–Kier alpha value is -0.130. The maximum absolute atomic E-state index is 10.8. The second-order valence-electron chi connectivity index (χ2n) is 6.29. The third kappa shape index (κ3) is 14.6. The fourth-order valence-corrected chi connectivity index (χ4v) is 2.90. The van der Waals surface area contributed by atoms with Crippen molar-refractivity contribution in [2.45, 2.75) is 102 Å². The molecule has 4 nitrogen and oxygen atoms in total. The van der Waals surface area contributed by atoms with Crippen LogP contribution < -0.4 is 0 Å². The minimum Gasteiger partial charge on any atom is -0.393 e. The van der Waals surface area contributed by atoms with Crippen molar-refractivity contribution in [1.29, 1.82) is 0 Å². The fourth-order valence-electron chi connectivity index (χ4n) is 2.43. The minimum absolute atomic E-state index is 0.159. The average molecular weight is 323 g/mol. The molecular weight excluding hydrogens is 288 g/mol. The highest BCUT2D eigenvalue weighted by molar-refractivity contribution is 7.86. The zero-order valence-electron chi connectivity index (χ0n) is 13.8. The maximum Gasteiger partial charge on any atom is 0.267 e. The highest BCUT2D eigenvalue weighted by Gasteiger charge is 2.15. The van der Waals surface area contributed by atoms with Crippen molar-refractivity contribution in [3.8, 4) is 0 Å². The normalized spacial score (nSPS) is 15.0. The zero-order chi connectivity index (χ0) is 16.1. The van der Waals surface area contributed by atoms with E-state index < -0.39 is 15.4 Å². The lowest BCUT2D eigenvalue weighted by molar-refractivity contribution is 0.180. The molecule has 0 fully saturated rings. The van der Waals surface area contributed by atoms with Crippen molar-refractivity contribution in [1.82, 2.24) is 0 Å². The zero-order valence-corrected chi connectivity index (χ0v) is 14.6. The van der Waals surface area contributed by atoms with Gasteiger partial charge in [-0.2, -0.15) is 8.42 Å². The van der Waals surface area contributed by atoms with E-state index in [1.54, 1.807) is 6.92 Å². The topological polar surface area (TPSA) is 74.6 Å². The van der Waals surface area contributed by atoms with Crippen molar-refractivity contribution in [3.63, 3.8) is 0 Å². The van der Waals surface area contributed by atoms with Crippen LogP contribution in [0.25, 0.3) is 0 Å². The summed E-state index contributed by atoms with van der Waals surface area (Å²) in [6, 6.07) is 0. The van der Waals surface area contributed by atoms with Gasteiger partial charge in [-0.15, -0.1) is 0 Å². The van der Waals surface area contributed by atoms with Crippen LogP contribution in [0.3, 0.4) is 0 Å². The van der Waals surface area contributed by atoms with E-state index in [4.69, 9.17) is 9.66 Å². The maximum atomic E-state index is 10.8. The second kappa shape index (κ2) is 12.4. The van der Waals surface area contributed by atoms with Gasteiger partial charge in [0, 0.05) is 0 Å². The van der Waals surface area contributed by atoms with Crippen LogP contribution in [0.4, 0.5) is 0 Å². The highest BCUT2D eigenvalue weighted by atomic mass is 32.2. The molecule has 0 aliphatic carbocycles. The number of aliphatic hydroxyl groups is 1. The SMILES string of the molecule is CC(O)CCCCCCCCCCCCC(C)S(=O)(=O)O. The Morgan fingerprint density at radius 1 is 0.714 bits per heavy atom. The van der Waals surface area contributed by atoms with Gasteiger partial charge in [-0.25, -0.2) is 0 Å². The van der Waals surface area contributed by atoms with E-state index in [0.29, 0.717) is 6.42 Å². The van der Waals surface area contributed by atoms with Crippen LogP contribution in [-0.2, 0) is 10.1 Å². The molecule has 2 unspecified atom stereocenters. The number of aliphatic hydroxyl groups excluding tert-OH is 1. The summed E-state index contributed by atoms with van der Waals surface area (Å²) in [5, 5.41) is 8.50. The van der Waals surface area contributed by atoms with Gasteiger partial charge in [0.1, 0.15) is 0 Å². The molecule has 0 radical (unpaired) electrons. The predicted molar refractivity (Wildman–Crippen MR) is 88.1 cm³/mol. The van der Waals surface area contributed by atoms with Gasteiger partial charge in [-0.05, 0) is 26.7 Å². The first-order valence-corrected chi connectivity index (χ1v) is 9.98. The lowest BCUT2D eigenvalue weighted by Gasteiger charge is -2.07. The lowest BCUT2D eigenvalue weighted by Crippen LogP contribution is -2.16. The lowest BCUT2D eigenvalue weighted by atomic mass is 10.0. The van der Waals surface area contributed by atoms with E-state index in [1.165, 1.54) is 38.5 Å². The van der Waals surface area contributed by atoms with Gasteiger partial charge >= 0.3 is 0 Å². The fraction of sp³-hybridized carbons (Fsp3) is 1.00. The van der Waals surface area contributed by atoms with Crippen molar-refractivity contribution in [2.24, 2.45) is 0 Å². The third-order valence-corrected chi connectivity index (χ3v) is 5.24. The number of hydrogen-bond acceptors (Lipinski definition) is 3. The largest absolute Gasteiger partial charge is 0.393 e. The molecule has 0 rings (SSSR count). The summed E-state index contributed by atoms with van der Waals surface area (Å²) in [6.45, 7) is 3.41. The van der Waals surface area contributed by atoms with E-state index in [0.717, 1.165) is 32.1 Å². The Bertz CT molecular complexity index is 325. The molecule has 0 saturated heterocycles. The first-order chi connectivity index (χ1) is 9.84. The van der Waals surface area contributed by atoms with Crippen LogP contribution in [0.5, 0.6) is 0 Å². The first kappa shape index (κ1) is 20.9. The Labute approximate surface area is 131 Å². The molecule has 0 aliphatic rings. The predicted octanol–water partition coefficient (Wildman–Crippen LogP) is 4.32. The van der Waals surface area contributed by atoms with Crippen molar-refractivity contribution in [3.05, 3.63) is 0 Å². The van der Waals surface area contributed by atoms with Crippen molar-refractivity contribution >= 4 is 10.1 Å². The summed E-state index contributed by atoms with van der Waals surface area (Å²) in [4.78, 5) is 0. The Morgan fingerprint density at radius 2 is 1.05 bits per heavy atom. The molecule has 21 heavy (non-hydrogen) atoms. The summed E-state index contributed by atoms with van der Waals surface area (Å²) in [5.41, 5.74) is 0. The van der Waals surface area contributed by atoms with E-state index in [2.05, 4.69) is 0 Å². The molecule has 0 saturated carbocycles. The van der Waals surface area contributed by atoms with Crippen LogP contribution in [0.2, 0.25) is 0 Å². The van der Waals surface area contributed by atoms with Crippen LogP contribution in [0, 0.1) is 0 Å². The molecule has 0 bridgehead atoms. The molecule has 2 N–H and O–H groups in total. The quantitative estimate of drug-likeness (QED) is 0.369. The Balaban J connectivity index is 3.20. The molecule has 0 spiro atoms. The monoisotopic (exact) mass is 322 g/mol. The van der Waals surface area contributed by atoms with Gasteiger partial charge in [0.25, 0.3) is 10.1 Å². The number of rotatable bonds is 14. The van der Waals surface area contributed by atoms with Gasteiger partial charge in [0.15, 0.2) is 0 Å². The van der Waals surface area contributed by atoms with Gasteiger partial charge in [0.05, 0.1) is 11.4 Å². The summed E-state index contributed by atoms with van der Waals surface area (Å²) in [7, 11) is -3.84. The summed E-state index contributed by atoms with van der Waals surface area (Å²) < 4.78 is 30.5. The van der Waals surface area contributed by atoms with Crippen LogP contribution in [0.15, 0.2) is 0 Å². The summed E-state index contributed by atoms with van der Waals surface area (Å²) in [6.07, 6.45) is 13.0. The van der Waals surface area contributed by atoms with Gasteiger partial charge in [-0.1, -0.05) is 64.2 Å². The Morgan fingerprint density at radius 3 is 1.38 bits per heavy atom. The molecule has 0 aliphatic heterocycles. The average Bonchev–Trinajstić information content (AvgIpc) is 2.38. The number of unbranched alkanes of at least 4 members (excludes halogenated alkanes) is 9. The molecule has 0 amide bonds. The Kier molecular flexibility index (Phi) is 12.3. The molecule has 2 atom stereocenters. The number of hydrogen-bond donors (Lipinski definition) is 2. The smallest absolute Gasteiger partial charge is 0.267 e. The van der Waals surface area contributed by atoms with E-state index >= 15 is 0 Å². The molecular formula is C16H34O4S. The van der Waals surface area contributed by atoms with E-state index in [9.17, 15) is 8.42 Å². The summed E-state index contributed by atoms with van der Waals surface area (Å²) >= 11 is 0.